The average Bonchev–Trinajstić information content (AvgIpc) is 2.46. The van der Waals surface area contributed by atoms with Crippen LogP contribution in [0.3, 0.4) is 0 Å². The van der Waals surface area contributed by atoms with Gasteiger partial charge in [-0.05, 0) is 32.3 Å². The molecule has 0 amide bonds. The molecule has 118 valence electrons. The molecule has 0 fully saturated rings. The van der Waals surface area contributed by atoms with Gasteiger partial charge in [0.25, 0.3) is 0 Å². The van der Waals surface area contributed by atoms with Crippen molar-refractivity contribution in [2.45, 2.75) is 46.6 Å². The van der Waals surface area contributed by atoms with Crippen LogP contribution in [0, 0.1) is 0 Å². The summed E-state index contributed by atoms with van der Waals surface area (Å²) in [7, 11) is 1.69. The molecule has 0 radical (unpaired) electrons. The van der Waals surface area contributed by atoms with Gasteiger partial charge in [0.2, 0.25) is 0 Å². The minimum absolute atomic E-state index is 0.264. The number of hydrogen-bond donors (Lipinski definition) is 1. The maximum absolute atomic E-state index is 5.99. The van der Waals surface area contributed by atoms with Crippen LogP contribution in [0.25, 0.3) is 0 Å². The van der Waals surface area contributed by atoms with Crippen molar-refractivity contribution in [3.05, 3.63) is 16.8 Å². The van der Waals surface area contributed by atoms with Crippen LogP contribution >= 0.6 is 12.2 Å². The van der Waals surface area contributed by atoms with Crippen LogP contribution in [-0.2, 0) is 17.6 Å². The SMILES string of the molecule is CCc1nnc(N(CCOC)C(C)C)c(C(N)=S)c1CC. The molecule has 5 nitrogen and oxygen atoms in total. The van der Waals surface area contributed by atoms with Gasteiger partial charge in [-0.2, -0.15) is 5.10 Å². The molecular formula is C15H26N4OS. The molecule has 2 N–H and O–H groups in total. The first-order chi connectivity index (χ1) is 9.97. The van der Waals surface area contributed by atoms with Crippen LogP contribution in [0.4, 0.5) is 5.82 Å². The predicted molar refractivity (Wildman–Crippen MR) is 91.0 cm³/mol. The number of anilines is 1. The Morgan fingerprint density at radius 1 is 1.29 bits per heavy atom. The van der Waals surface area contributed by atoms with Crippen molar-refractivity contribution in [2.75, 3.05) is 25.2 Å². The quantitative estimate of drug-likeness (QED) is 0.742. The van der Waals surface area contributed by atoms with Gasteiger partial charge in [0.05, 0.1) is 17.9 Å². The first-order valence-electron chi connectivity index (χ1n) is 7.41. The van der Waals surface area contributed by atoms with Crippen LogP contribution in [-0.4, -0.2) is 41.5 Å². The van der Waals surface area contributed by atoms with Crippen molar-refractivity contribution in [1.29, 1.82) is 0 Å². The van der Waals surface area contributed by atoms with E-state index in [4.69, 9.17) is 22.7 Å². The van der Waals surface area contributed by atoms with Crippen molar-refractivity contribution in [2.24, 2.45) is 5.73 Å². The summed E-state index contributed by atoms with van der Waals surface area (Å²) in [6.07, 6.45) is 1.67. The Hall–Kier alpha value is -1.27. The molecule has 21 heavy (non-hydrogen) atoms. The molecule has 0 aliphatic heterocycles. The van der Waals surface area contributed by atoms with Gasteiger partial charge < -0.3 is 15.4 Å². The number of nitrogens with two attached hydrogens (primary N) is 1. The average molecular weight is 310 g/mol. The van der Waals surface area contributed by atoms with Gasteiger partial charge in [-0.15, -0.1) is 5.10 Å². The van der Waals surface area contributed by atoms with Crippen molar-refractivity contribution in [1.82, 2.24) is 10.2 Å². The molecule has 0 bridgehead atoms. The molecular weight excluding hydrogens is 284 g/mol. The zero-order chi connectivity index (χ0) is 16.0. The summed E-state index contributed by atoms with van der Waals surface area (Å²) < 4.78 is 5.19. The lowest BCUT2D eigenvalue weighted by atomic mass is 10.0. The highest BCUT2D eigenvalue weighted by atomic mass is 32.1. The molecule has 0 spiro atoms. The monoisotopic (exact) mass is 310 g/mol. The van der Waals surface area contributed by atoms with Crippen molar-refractivity contribution < 1.29 is 4.74 Å². The van der Waals surface area contributed by atoms with Gasteiger partial charge in [-0.25, -0.2) is 0 Å². The largest absolute Gasteiger partial charge is 0.389 e. The molecule has 1 heterocycles. The first-order valence-corrected chi connectivity index (χ1v) is 7.82. The summed E-state index contributed by atoms with van der Waals surface area (Å²) in [6.45, 7) is 9.73. The van der Waals surface area contributed by atoms with Crippen LogP contribution in [0.5, 0.6) is 0 Å². The van der Waals surface area contributed by atoms with E-state index >= 15 is 0 Å². The smallest absolute Gasteiger partial charge is 0.162 e. The normalized spacial score (nSPS) is 11.0. The molecule has 0 saturated carbocycles. The molecule has 0 aromatic carbocycles. The van der Waals surface area contributed by atoms with E-state index in [9.17, 15) is 0 Å². The molecule has 0 atom stereocenters. The van der Waals surface area contributed by atoms with Crippen LogP contribution < -0.4 is 10.6 Å². The predicted octanol–water partition coefficient (Wildman–Crippen LogP) is 2.10. The van der Waals surface area contributed by atoms with Crippen LogP contribution in [0.1, 0.15) is 44.5 Å². The summed E-state index contributed by atoms with van der Waals surface area (Å²) in [5, 5.41) is 8.78. The van der Waals surface area contributed by atoms with Gasteiger partial charge in [0.15, 0.2) is 5.82 Å². The molecule has 1 aromatic heterocycles. The molecule has 0 unspecified atom stereocenters. The Bertz CT molecular complexity index is 491. The standard InChI is InChI=1S/C15H26N4OS/c1-6-11-12(7-2)17-18-15(13(11)14(16)21)19(10(3)4)8-9-20-5/h10H,6-9H2,1-5H3,(H2,16,21). The molecule has 0 aliphatic rings. The second-order valence-corrected chi connectivity index (χ2v) is 5.61. The molecule has 1 aromatic rings. The highest BCUT2D eigenvalue weighted by Crippen LogP contribution is 2.25. The second kappa shape index (κ2) is 8.24. The van der Waals surface area contributed by atoms with Gasteiger partial charge in [0, 0.05) is 19.7 Å². The molecule has 0 aliphatic carbocycles. The maximum atomic E-state index is 5.99. The second-order valence-electron chi connectivity index (χ2n) is 5.18. The van der Waals surface area contributed by atoms with E-state index in [1.54, 1.807) is 7.11 Å². The Morgan fingerprint density at radius 2 is 1.95 bits per heavy atom. The number of methoxy groups -OCH3 is 1. The summed E-state index contributed by atoms with van der Waals surface area (Å²) in [5.41, 5.74) is 8.93. The number of rotatable bonds is 8. The van der Waals surface area contributed by atoms with Crippen molar-refractivity contribution in [3.63, 3.8) is 0 Å². The zero-order valence-corrected chi connectivity index (χ0v) is 14.5. The summed E-state index contributed by atoms with van der Waals surface area (Å²) in [6, 6.07) is 0.264. The molecule has 1 rings (SSSR count). The fourth-order valence-corrected chi connectivity index (χ4v) is 2.64. The summed E-state index contributed by atoms with van der Waals surface area (Å²) >= 11 is 5.28. The van der Waals surface area contributed by atoms with Gasteiger partial charge in [-0.1, -0.05) is 26.1 Å². The van der Waals surface area contributed by atoms with Gasteiger partial charge in [0.1, 0.15) is 4.99 Å². The van der Waals surface area contributed by atoms with Crippen molar-refractivity contribution >= 4 is 23.0 Å². The van der Waals surface area contributed by atoms with Crippen LogP contribution in [0.2, 0.25) is 0 Å². The summed E-state index contributed by atoms with van der Waals surface area (Å²) in [4.78, 5) is 2.53. The Balaban J connectivity index is 3.42. The number of ether oxygens (including phenoxy) is 1. The minimum atomic E-state index is 0.264. The Kier molecular flexibility index (Phi) is 6.98. The fourth-order valence-electron chi connectivity index (χ4n) is 2.42. The highest BCUT2D eigenvalue weighted by molar-refractivity contribution is 7.80. The lowest BCUT2D eigenvalue weighted by Crippen LogP contribution is -2.37. The van der Waals surface area contributed by atoms with E-state index in [0.717, 1.165) is 42.0 Å². The minimum Gasteiger partial charge on any atom is -0.389 e. The number of aryl methyl sites for hydroxylation is 1. The number of nitrogens with zero attached hydrogens (tertiary/aromatic N) is 3. The summed E-state index contributed by atoms with van der Waals surface area (Å²) in [5.74, 6) is 0.767. The Morgan fingerprint density at radius 3 is 2.38 bits per heavy atom. The Labute approximate surface area is 132 Å². The van der Waals surface area contributed by atoms with Crippen LogP contribution in [0.15, 0.2) is 0 Å². The highest BCUT2D eigenvalue weighted by Gasteiger charge is 2.22. The molecule has 6 heteroatoms. The lowest BCUT2D eigenvalue weighted by Gasteiger charge is -2.30. The zero-order valence-electron chi connectivity index (χ0n) is 13.6. The van der Waals surface area contributed by atoms with Gasteiger partial charge in [-0.3, -0.25) is 0 Å². The van der Waals surface area contributed by atoms with E-state index in [1.165, 1.54) is 0 Å². The van der Waals surface area contributed by atoms with Gasteiger partial charge >= 0.3 is 0 Å². The topological polar surface area (TPSA) is 64.3 Å². The lowest BCUT2D eigenvalue weighted by molar-refractivity contribution is 0.203. The van der Waals surface area contributed by atoms with E-state index < -0.39 is 0 Å². The van der Waals surface area contributed by atoms with E-state index in [-0.39, 0.29) is 6.04 Å². The number of aromatic nitrogens is 2. The number of hydrogen-bond acceptors (Lipinski definition) is 5. The van der Waals surface area contributed by atoms with Crippen molar-refractivity contribution in [3.8, 4) is 0 Å². The number of thiocarbonyl (C=S) groups is 1. The molecule has 0 saturated heterocycles. The fraction of sp³-hybridized carbons (Fsp3) is 0.667. The third-order valence-corrected chi connectivity index (χ3v) is 3.71. The third-order valence-electron chi connectivity index (χ3n) is 3.51. The van der Waals surface area contributed by atoms with E-state index in [1.807, 2.05) is 0 Å². The third kappa shape index (κ3) is 4.11. The first kappa shape index (κ1) is 17.8. The maximum Gasteiger partial charge on any atom is 0.162 e. The van der Waals surface area contributed by atoms with E-state index in [2.05, 4.69) is 42.8 Å². The van der Waals surface area contributed by atoms with E-state index in [0.29, 0.717) is 11.6 Å².